The summed E-state index contributed by atoms with van der Waals surface area (Å²) in [7, 11) is 2.26. The van der Waals surface area contributed by atoms with Gasteiger partial charge in [0.15, 0.2) is 0 Å². The Labute approximate surface area is 113 Å². The normalized spacial score (nSPS) is 22.3. The Morgan fingerprint density at radius 3 is 2.89 bits per heavy atom. The quantitative estimate of drug-likeness (QED) is 0.642. The van der Waals surface area contributed by atoms with Gasteiger partial charge in [0.25, 0.3) is 0 Å². The topological polar surface area (TPSA) is 24.5 Å². The first-order chi connectivity index (χ1) is 8.74. The molecular weight excluding hydrogens is 224 g/mol. The van der Waals surface area contributed by atoms with Crippen molar-refractivity contribution in [2.45, 2.75) is 52.0 Å². The molecule has 0 radical (unpaired) electrons. The standard InChI is InChI=1S/C15H32N2O/c1-4-9-16-10-5-7-14(2)17(3)12-15-8-6-11-18-13-15/h14-16H,4-13H2,1-3H3. The first-order valence-electron chi connectivity index (χ1n) is 7.72. The molecule has 1 aliphatic heterocycles. The summed E-state index contributed by atoms with van der Waals surface area (Å²) in [6.45, 7) is 10.0. The molecule has 0 saturated carbocycles. The fourth-order valence-electron chi connectivity index (χ4n) is 2.58. The van der Waals surface area contributed by atoms with Crippen molar-refractivity contribution in [1.29, 1.82) is 0 Å². The van der Waals surface area contributed by atoms with Crippen LogP contribution in [0.3, 0.4) is 0 Å². The monoisotopic (exact) mass is 256 g/mol. The van der Waals surface area contributed by atoms with Crippen molar-refractivity contribution >= 4 is 0 Å². The van der Waals surface area contributed by atoms with E-state index in [1.54, 1.807) is 0 Å². The summed E-state index contributed by atoms with van der Waals surface area (Å²) >= 11 is 0. The lowest BCUT2D eigenvalue weighted by atomic mass is 10.0. The number of ether oxygens (including phenoxy) is 1. The molecule has 1 N–H and O–H groups in total. The maximum atomic E-state index is 5.55. The summed E-state index contributed by atoms with van der Waals surface area (Å²) in [4.78, 5) is 2.51. The van der Waals surface area contributed by atoms with Crippen LogP contribution in [-0.2, 0) is 4.74 Å². The summed E-state index contributed by atoms with van der Waals surface area (Å²) in [5, 5.41) is 3.47. The summed E-state index contributed by atoms with van der Waals surface area (Å²) < 4.78 is 5.55. The predicted octanol–water partition coefficient (Wildman–Crippen LogP) is 2.51. The summed E-state index contributed by atoms with van der Waals surface area (Å²) in [5.74, 6) is 0.754. The van der Waals surface area contributed by atoms with Crippen LogP contribution in [0.25, 0.3) is 0 Å². The molecule has 1 heterocycles. The Bertz CT molecular complexity index is 193. The van der Waals surface area contributed by atoms with Crippen molar-refractivity contribution < 1.29 is 4.74 Å². The van der Waals surface area contributed by atoms with E-state index in [4.69, 9.17) is 4.74 Å². The molecule has 0 aromatic rings. The lowest BCUT2D eigenvalue weighted by Crippen LogP contribution is -2.36. The van der Waals surface area contributed by atoms with Gasteiger partial charge in [-0.2, -0.15) is 0 Å². The van der Waals surface area contributed by atoms with Gasteiger partial charge in [-0.05, 0) is 65.1 Å². The second kappa shape index (κ2) is 9.76. The first kappa shape index (κ1) is 15.9. The molecule has 3 nitrogen and oxygen atoms in total. The van der Waals surface area contributed by atoms with E-state index >= 15 is 0 Å². The SMILES string of the molecule is CCCNCCCC(C)N(C)CC1CCCOC1. The largest absolute Gasteiger partial charge is 0.381 e. The van der Waals surface area contributed by atoms with Crippen LogP contribution in [0, 0.1) is 5.92 Å². The van der Waals surface area contributed by atoms with Crippen molar-refractivity contribution in [3.63, 3.8) is 0 Å². The van der Waals surface area contributed by atoms with Crippen molar-refractivity contribution in [1.82, 2.24) is 10.2 Å². The van der Waals surface area contributed by atoms with Crippen molar-refractivity contribution in [3.05, 3.63) is 0 Å². The second-order valence-corrected chi connectivity index (χ2v) is 5.76. The van der Waals surface area contributed by atoms with E-state index in [-0.39, 0.29) is 0 Å². The van der Waals surface area contributed by atoms with Gasteiger partial charge in [0.05, 0.1) is 6.61 Å². The van der Waals surface area contributed by atoms with Crippen LogP contribution >= 0.6 is 0 Å². The average molecular weight is 256 g/mol. The van der Waals surface area contributed by atoms with E-state index in [1.807, 2.05) is 0 Å². The highest BCUT2D eigenvalue weighted by atomic mass is 16.5. The van der Waals surface area contributed by atoms with E-state index in [1.165, 1.54) is 45.2 Å². The third kappa shape index (κ3) is 6.72. The zero-order valence-corrected chi connectivity index (χ0v) is 12.6. The van der Waals surface area contributed by atoms with Gasteiger partial charge in [-0.1, -0.05) is 6.92 Å². The highest BCUT2D eigenvalue weighted by Gasteiger charge is 2.18. The van der Waals surface area contributed by atoms with E-state index in [0.29, 0.717) is 6.04 Å². The van der Waals surface area contributed by atoms with E-state index in [2.05, 4.69) is 31.1 Å². The van der Waals surface area contributed by atoms with Gasteiger partial charge in [-0.3, -0.25) is 0 Å². The van der Waals surface area contributed by atoms with Gasteiger partial charge in [0, 0.05) is 19.2 Å². The van der Waals surface area contributed by atoms with Gasteiger partial charge in [-0.25, -0.2) is 0 Å². The molecule has 0 amide bonds. The van der Waals surface area contributed by atoms with E-state index in [0.717, 1.165) is 25.7 Å². The number of nitrogens with zero attached hydrogens (tertiary/aromatic N) is 1. The van der Waals surface area contributed by atoms with Crippen molar-refractivity contribution in [3.8, 4) is 0 Å². The Kier molecular flexibility index (Phi) is 8.64. The molecule has 1 aliphatic rings. The number of hydrogen-bond acceptors (Lipinski definition) is 3. The summed E-state index contributed by atoms with van der Waals surface area (Å²) in [5.41, 5.74) is 0. The maximum absolute atomic E-state index is 5.55. The van der Waals surface area contributed by atoms with Crippen LogP contribution in [0.5, 0.6) is 0 Å². The average Bonchev–Trinajstić information content (AvgIpc) is 2.39. The summed E-state index contributed by atoms with van der Waals surface area (Å²) in [6.07, 6.45) is 6.40. The third-order valence-corrected chi connectivity index (χ3v) is 3.96. The minimum absolute atomic E-state index is 0.690. The Morgan fingerprint density at radius 2 is 2.22 bits per heavy atom. The smallest absolute Gasteiger partial charge is 0.0506 e. The lowest BCUT2D eigenvalue weighted by Gasteiger charge is -2.31. The molecule has 0 spiro atoms. The number of nitrogens with one attached hydrogen (secondary N) is 1. The van der Waals surface area contributed by atoms with Crippen LogP contribution in [0.4, 0.5) is 0 Å². The van der Waals surface area contributed by atoms with Crippen LogP contribution < -0.4 is 5.32 Å². The Hall–Kier alpha value is -0.120. The maximum Gasteiger partial charge on any atom is 0.0506 e. The summed E-state index contributed by atoms with van der Waals surface area (Å²) in [6, 6.07) is 0.690. The molecule has 1 fully saturated rings. The van der Waals surface area contributed by atoms with Gasteiger partial charge in [-0.15, -0.1) is 0 Å². The molecular formula is C15H32N2O. The molecule has 3 heteroatoms. The van der Waals surface area contributed by atoms with Gasteiger partial charge < -0.3 is 15.0 Å². The zero-order chi connectivity index (χ0) is 13.2. The lowest BCUT2D eigenvalue weighted by molar-refractivity contribution is 0.0366. The molecule has 2 unspecified atom stereocenters. The molecule has 0 aromatic carbocycles. The second-order valence-electron chi connectivity index (χ2n) is 5.76. The van der Waals surface area contributed by atoms with Crippen LogP contribution in [0.15, 0.2) is 0 Å². The van der Waals surface area contributed by atoms with Crippen LogP contribution in [0.2, 0.25) is 0 Å². The Morgan fingerprint density at radius 1 is 1.39 bits per heavy atom. The molecule has 0 aromatic heterocycles. The highest BCUT2D eigenvalue weighted by Crippen LogP contribution is 2.16. The fourth-order valence-corrected chi connectivity index (χ4v) is 2.58. The fraction of sp³-hybridized carbons (Fsp3) is 1.00. The molecule has 0 bridgehead atoms. The van der Waals surface area contributed by atoms with Crippen LogP contribution in [0.1, 0.15) is 46.0 Å². The van der Waals surface area contributed by atoms with Gasteiger partial charge >= 0.3 is 0 Å². The van der Waals surface area contributed by atoms with E-state index in [9.17, 15) is 0 Å². The number of hydrogen-bond donors (Lipinski definition) is 1. The van der Waals surface area contributed by atoms with Crippen molar-refractivity contribution in [2.24, 2.45) is 5.92 Å². The van der Waals surface area contributed by atoms with Crippen molar-refractivity contribution in [2.75, 3.05) is 39.9 Å². The number of rotatable bonds is 9. The zero-order valence-electron chi connectivity index (χ0n) is 12.6. The van der Waals surface area contributed by atoms with E-state index < -0.39 is 0 Å². The van der Waals surface area contributed by atoms with Gasteiger partial charge in [0.1, 0.15) is 0 Å². The molecule has 1 saturated heterocycles. The predicted molar refractivity (Wildman–Crippen MR) is 78.0 cm³/mol. The molecule has 18 heavy (non-hydrogen) atoms. The molecule has 2 atom stereocenters. The first-order valence-corrected chi connectivity index (χ1v) is 7.72. The Balaban J connectivity index is 2.06. The van der Waals surface area contributed by atoms with Gasteiger partial charge in [0.2, 0.25) is 0 Å². The molecule has 0 aliphatic carbocycles. The molecule has 1 rings (SSSR count). The third-order valence-electron chi connectivity index (χ3n) is 3.96. The van der Waals surface area contributed by atoms with Crippen LogP contribution in [-0.4, -0.2) is 50.8 Å². The minimum Gasteiger partial charge on any atom is -0.381 e. The minimum atomic E-state index is 0.690. The molecule has 108 valence electrons. The highest BCUT2D eigenvalue weighted by molar-refractivity contribution is 4.71.